The van der Waals surface area contributed by atoms with Gasteiger partial charge in [0.1, 0.15) is 0 Å². The average molecular weight is 298 g/mol. The third-order valence-electron chi connectivity index (χ3n) is 3.03. The Labute approximate surface area is 117 Å². The number of carbonyl (C=O) groups excluding carboxylic acids is 1. The minimum absolute atomic E-state index is 0.0247. The summed E-state index contributed by atoms with van der Waals surface area (Å²) in [6, 6.07) is 0.315. The third kappa shape index (κ3) is 2.99. The Hall–Kier alpha value is -2.51. The molecule has 1 heterocycles. The number of esters is 1. The normalized spacial score (nSPS) is 12.3. The maximum atomic E-state index is 13.3. The van der Waals surface area contributed by atoms with Gasteiger partial charge in [-0.2, -0.15) is 0 Å². The number of carbonyl (C=O) groups is 1. The van der Waals surface area contributed by atoms with Crippen LogP contribution in [0.15, 0.2) is 18.3 Å². The molecule has 0 saturated carbocycles. The highest BCUT2D eigenvalue weighted by atomic mass is 19.2. The van der Waals surface area contributed by atoms with Crippen LogP contribution in [0.3, 0.4) is 0 Å². The predicted molar refractivity (Wildman–Crippen MR) is 69.3 cm³/mol. The summed E-state index contributed by atoms with van der Waals surface area (Å²) >= 11 is 0. The molecule has 0 bridgehead atoms. The van der Waals surface area contributed by atoms with Gasteiger partial charge in [0.25, 0.3) is 0 Å². The molecule has 0 spiro atoms. The van der Waals surface area contributed by atoms with E-state index >= 15 is 0 Å². The number of hydrogen-bond donors (Lipinski definition) is 1. The van der Waals surface area contributed by atoms with Crippen LogP contribution in [-0.4, -0.2) is 28.5 Å². The maximum absolute atomic E-state index is 13.3. The van der Waals surface area contributed by atoms with Crippen LogP contribution in [0.1, 0.15) is 12.5 Å². The van der Waals surface area contributed by atoms with E-state index in [4.69, 9.17) is 0 Å². The van der Waals surface area contributed by atoms with Crippen molar-refractivity contribution in [1.82, 2.24) is 4.98 Å². The lowest BCUT2D eigenvalue weighted by molar-refractivity contribution is -0.510. The third-order valence-corrected chi connectivity index (χ3v) is 3.03. The van der Waals surface area contributed by atoms with Gasteiger partial charge in [0.05, 0.1) is 13.0 Å². The topological polar surface area (TPSA) is 85.2 Å². The first kappa shape index (κ1) is 14.9. The molecule has 1 N–H and O–H groups in total. The summed E-state index contributed by atoms with van der Waals surface area (Å²) in [6.45, 7) is 1.57. The van der Waals surface area contributed by atoms with E-state index in [1.54, 1.807) is 6.92 Å². The largest absolute Gasteiger partial charge is 0.461 e. The van der Waals surface area contributed by atoms with E-state index in [2.05, 4.69) is 9.72 Å². The monoisotopic (exact) mass is 298 g/mol. The van der Waals surface area contributed by atoms with Crippen LogP contribution in [0.2, 0.25) is 0 Å². The number of benzene rings is 1. The number of nitrogens with zero attached hydrogens (tertiary/aromatic N) is 1. The van der Waals surface area contributed by atoms with Crippen molar-refractivity contribution in [3.8, 4) is 0 Å². The van der Waals surface area contributed by atoms with Crippen LogP contribution in [0.5, 0.6) is 0 Å². The van der Waals surface area contributed by atoms with E-state index in [1.165, 1.54) is 6.20 Å². The number of nitro groups is 1. The van der Waals surface area contributed by atoms with Crippen LogP contribution in [0.4, 0.5) is 8.78 Å². The van der Waals surface area contributed by atoms with Gasteiger partial charge in [-0.15, -0.1) is 0 Å². The molecule has 2 rings (SSSR count). The van der Waals surface area contributed by atoms with Crippen molar-refractivity contribution < 1.29 is 23.2 Å². The second-order valence-corrected chi connectivity index (χ2v) is 4.38. The summed E-state index contributed by atoms with van der Waals surface area (Å²) in [5.74, 6) is -3.04. The van der Waals surface area contributed by atoms with Crippen molar-refractivity contribution in [2.45, 2.75) is 19.4 Å². The molecule has 6 nitrogen and oxygen atoms in total. The zero-order valence-corrected chi connectivity index (χ0v) is 11.1. The van der Waals surface area contributed by atoms with Crippen LogP contribution >= 0.6 is 0 Å². The zero-order valence-electron chi connectivity index (χ0n) is 11.1. The van der Waals surface area contributed by atoms with Gasteiger partial charge in [0.15, 0.2) is 11.6 Å². The SMILES string of the molecule is CCOC(=O)[C@@H](Cc1c[nH]c2cc(F)c(F)cc12)[N+](=O)[O-]. The van der Waals surface area contributed by atoms with Gasteiger partial charge in [-0.05, 0) is 18.6 Å². The maximum Gasteiger partial charge on any atom is 0.382 e. The first-order valence-corrected chi connectivity index (χ1v) is 6.19. The second-order valence-electron chi connectivity index (χ2n) is 4.38. The zero-order chi connectivity index (χ0) is 15.6. The standard InChI is InChI=1S/C13H12F2N2O4/c1-2-21-13(18)12(17(19)20)3-7-6-16-11-5-10(15)9(14)4-8(7)11/h4-6,12,16H,2-3H2,1H3/t12-/m1/s1. The molecule has 0 amide bonds. The molecule has 1 aromatic heterocycles. The fraction of sp³-hybridized carbons (Fsp3) is 0.308. The summed E-state index contributed by atoms with van der Waals surface area (Å²) in [5.41, 5.74) is 0.647. The van der Waals surface area contributed by atoms with Gasteiger partial charge in [0, 0.05) is 28.1 Å². The van der Waals surface area contributed by atoms with E-state index in [-0.39, 0.29) is 13.0 Å². The molecule has 8 heteroatoms. The van der Waals surface area contributed by atoms with Crippen molar-refractivity contribution in [3.05, 3.63) is 45.6 Å². The number of hydrogen-bond acceptors (Lipinski definition) is 4. The molecule has 112 valence electrons. The summed E-state index contributed by atoms with van der Waals surface area (Å²) in [7, 11) is 0. The number of fused-ring (bicyclic) bond motifs is 1. The molecule has 1 aromatic carbocycles. The fourth-order valence-corrected chi connectivity index (χ4v) is 2.03. The van der Waals surface area contributed by atoms with E-state index in [0.717, 1.165) is 12.1 Å². The van der Waals surface area contributed by atoms with Crippen LogP contribution < -0.4 is 0 Å². The number of aromatic nitrogens is 1. The van der Waals surface area contributed by atoms with Gasteiger partial charge in [-0.25, -0.2) is 13.6 Å². The Kier molecular flexibility index (Phi) is 4.15. The predicted octanol–water partition coefficient (Wildman–Crippen LogP) is 2.20. The minimum atomic E-state index is -1.59. The molecular weight excluding hydrogens is 286 g/mol. The molecule has 0 aliphatic carbocycles. The lowest BCUT2D eigenvalue weighted by Gasteiger charge is -2.08. The van der Waals surface area contributed by atoms with E-state index < -0.39 is 28.6 Å². The molecule has 0 saturated heterocycles. The summed E-state index contributed by atoms with van der Waals surface area (Å²) in [4.78, 5) is 24.5. The Bertz CT molecular complexity index is 699. The molecule has 2 aromatic rings. The highest BCUT2D eigenvalue weighted by Crippen LogP contribution is 2.23. The van der Waals surface area contributed by atoms with Crippen molar-refractivity contribution >= 4 is 16.9 Å². The number of halogens is 2. The van der Waals surface area contributed by atoms with Gasteiger partial charge in [-0.1, -0.05) is 0 Å². The number of ether oxygens (including phenoxy) is 1. The Morgan fingerprint density at radius 1 is 1.43 bits per heavy atom. The first-order chi connectivity index (χ1) is 9.93. The first-order valence-electron chi connectivity index (χ1n) is 6.19. The molecule has 0 aliphatic rings. The molecule has 21 heavy (non-hydrogen) atoms. The lowest BCUT2D eigenvalue weighted by atomic mass is 10.1. The highest BCUT2D eigenvalue weighted by molar-refractivity contribution is 5.84. The fourth-order valence-electron chi connectivity index (χ4n) is 2.03. The van der Waals surface area contributed by atoms with Crippen molar-refractivity contribution in [3.63, 3.8) is 0 Å². The summed E-state index contributed by atoms with van der Waals surface area (Å²) in [5, 5.41) is 11.3. The average Bonchev–Trinajstić information content (AvgIpc) is 2.78. The van der Waals surface area contributed by atoms with E-state index in [1.807, 2.05) is 0 Å². The minimum Gasteiger partial charge on any atom is -0.461 e. The molecule has 0 aliphatic heterocycles. The number of nitrogens with one attached hydrogen (secondary N) is 1. The van der Waals surface area contributed by atoms with Crippen molar-refractivity contribution in [2.75, 3.05) is 6.61 Å². The molecule has 1 atom stereocenters. The molecular formula is C13H12F2N2O4. The van der Waals surface area contributed by atoms with Crippen LogP contribution in [0, 0.1) is 21.7 Å². The second kappa shape index (κ2) is 5.86. The number of rotatable bonds is 5. The summed E-state index contributed by atoms with van der Waals surface area (Å²) < 4.78 is 31.0. The molecule has 0 radical (unpaired) electrons. The number of aromatic amines is 1. The molecule has 0 unspecified atom stereocenters. The van der Waals surface area contributed by atoms with E-state index in [0.29, 0.717) is 16.5 Å². The smallest absolute Gasteiger partial charge is 0.382 e. The molecule has 0 fully saturated rings. The van der Waals surface area contributed by atoms with Gasteiger partial charge >= 0.3 is 12.0 Å². The van der Waals surface area contributed by atoms with E-state index in [9.17, 15) is 23.7 Å². The van der Waals surface area contributed by atoms with Crippen LogP contribution in [0.25, 0.3) is 10.9 Å². The Morgan fingerprint density at radius 3 is 2.71 bits per heavy atom. The van der Waals surface area contributed by atoms with Gasteiger partial charge < -0.3 is 9.72 Å². The lowest BCUT2D eigenvalue weighted by Crippen LogP contribution is -2.33. The summed E-state index contributed by atoms with van der Waals surface area (Å²) in [6.07, 6.45) is 1.12. The van der Waals surface area contributed by atoms with Crippen LogP contribution in [-0.2, 0) is 16.0 Å². The van der Waals surface area contributed by atoms with Crippen molar-refractivity contribution in [1.29, 1.82) is 0 Å². The Balaban J connectivity index is 2.35. The van der Waals surface area contributed by atoms with Crippen molar-refractivity contribution in [2.24, 2.45) is 0 Å². The van der Waals surface area contributed by atoms with Gasteiger partial charge in [-0.3, -0.25) is 10.1 Å². The quantitative estimate of drug-likeness (QED) is 0.521. The highest BCUT2D eigenvalue weighted by Gasteiger charge is 2.32. The van der Waals surface area contributed by atoms with Gasteiger partial charge in [0.2, 0.25) is 0 Å². The Morgan fingerprint density at radius 2 is 2.10 bits per heavy atom. The number of H-pyrrole nitrogens is 1.